The highest BCUT2D eigenvalue weighted by molar-refractivity contribution is 7.13. The third-order valence-corrected chi connectivity index (χ3v) is 5.07. The molecule has 8 heteroatoms. The van der Waals surface area contributed by atoms with Gasteiger partial charge in [-0.25, -0.2) is 4.98 Å². The fraction of sp³-hybridized carbons (Fsp3) is 0.412. The van der Waals surface area contributed by atoms with E-state index < -0.39 is 11.7 Å². The molecule has 25 heavy (non-hydrogen) atoms. The number of rotatable bonds is 4. The summed E-state index contributed by atoms with van der Waals surface area (Å²) in [5.74, 6) is -0.158. The third-order valence-electron chi connectivity index (χ3n) is 4.18. The van der Waals surface area contributed by atoms with Crippen molar-refractivity contribution in [2.45, 2.75) is 25.1 Å². The molecule has 2 aromatic rings. The van der Waals surface area contributed by atoms with E-state index in [0.29, 0.717) is 29.4 Å². The Kier molecular flexibility index (Phi) is 5.10. The summed E-state index contributed by atoms with van der Waals surface area (Å²) in [6.07, 6.45) is -2.54. The highest BCUT2D eigenvalue weighted by Gasteiger charge is 2.31. The summed E-state index contributed by atoms with van der Waals surface area (Å²) < 4.78 is 43.0. The van der Waals surface area contributed by atoms with Crippen molar-refractivity contribution in [2.24, 2.45) is 0 Å². The van der Waals surface area contributed by atoms with Crippen LogP contribution in [-0.4, -0.2) is 42.1 Å². The van der Waals surface area contributed by atoms with E-state index in [2.05, 4.69) is 4.98 Å². The molecule has 0 aliphatic carbocycles. The summed E-state index contributed by atoms with van der Waals surface area (Å²) >= 11 is 1.25. The molecular weight excluding hydrogens is 353 g/mol. The summed E-state index contributed by atoms with van der Waals surface area (Å²) in [7, 11) is 1.60. The lowest BCUT2D eigenvalue weighted by Gasteiger charge is -2.23. The molecule has 1 atom stereocenters. The minimum Gasteiger partial charge on any atom is -0.383 e. The van der Waals surface area contributed by atoms with Crippen LogP contribution in [0.15, 0.2) is 29.6 Å². The molecule has 0 N–H and O–H groups in total. The van der Waals surface area contributed by atoms with Crippen molar-refractivity contribution in [1.29, 1.82) is 0 Å². The molecule has 0 bridgehead atoms. The molecule has 1 saturated heterocycles. The maximum Gasteiger partial charge on any atom is 0.416 e. The van der Waals surface area contributed by atoms with Gasteiger partial charge in [-0.1, -0.05) is 12.1 Å². The van der Waals surface area contributed by atoms with Gasteiger partial charge in [0.05, 0.1) is 18.2 Å². The van der Waals surface area contributed by atoms with E-state index in [1.54, 1.807) is 17.4 Å². The van der Waals surface area contributed by atoms with Crippen LogP contribution in [0, 0.1) is 0 Å². The minimum atomic E-state index is -4.37. The van der Waals surface area contributed by atoms with E-state index in [4.69, 9.17) is 4.74 Å². The second-order valence-corrected chi connectivity index (χ2v) is 6.72. The van der Waals surface area contributed by atoms with E-state index in [1.165, 1.54) is 23.5 Å². The number of hydrogen-bond acceptors (Lipinski definition) is 4. The lowest BCUT2D eigenvalue weighted by molar-refractivity contribution is -0.137. The first-order valence-electron chi connectivity index (χ1n) is 7.83. The first-order chi connectivity index (χ1) is 11.9. The van der Waals surface area contributed by atoms with Crippen LogP contribution in [0.2, 0.25) is 0 Å². The lowest BCUT2D eigenvalue weighted by atomic mass is 10.1. The smallest absolute Gasteiger partial charge is 0.383 e. The molecule has 134 valence electrons. The topological polar surface area (TPSA) is 42.4 Å². The zero-order valence-electron chi connectivity index (χ0n) is 13.5. The fourth-order valence-electron chi connectivity index (χ4n) is 2.92. The first-order valence-corrected chi connectivity index (χ1v) is 8.71. The molecule has 0 saturated carbocycles. The van der Waals surface area contributed by atoms with Crippen molar-refractivity contribution >= 4 is 17.2 Å². The number of carbonyl (C=O) groups is 1. The van der Waals surface area contributed by atoms with Gasteiger partial charge in [0.2, 0.25) is 0 Å². The Hall–Kier alpha value is -1.93. The van der Waals surface area contributed by atoms with Crippen LogP contribution in [0.1, 0.15) is 28.9 Å². The number of thiazole rings is 1. The molecule has 1 aromatic heterocycles. The van der Waals surface area contributed by atoms with E-state index in [0.717, 1.165) is 25.0 Å². The van der Waals surface area contributed by atoms with Crippen molar-refractivity contribution in [1.82, 2.24) is 9.88 Å². The zero-order valence-corrected chi connectivity index (χ0v) is 14.4. The Morgan fingerprint density at radius 2 is 2.08 bits per heavy atom. The van der Waals surface area contributed by atoms with Gasteiger partial charge in [0, 0.05) is 24.6 Å². The van der Waals surface area contributed by atoms with Crippen molar-refractivity contribution < 1.29 is 22.7 Å². The summed E-state index contributed by atoms with van der Waals surface area (Å²) in [4.78, 5) is 18.7. The monoisotopic (exact) mass is 370 g/mol. The van der Waals surface area contributed by atoms with Crippen molar-refractivity contribution in [3.05, 3.63) is 40.9 Å². The Balaban J connectivity index is 1.77. The Bertz CT molecular complexity index is 743. The predicted octanol–water partition coefficient (Wildman–Crippen LogP) is 4.08. The third kappa shape index (κ3) is 3.85. The molecule has 1 aliphatic heterocycles. The summed E-state index contributed by atoms with van der Waals surface area (Å²) in [5, 5.41) is 2.18. The maximum absolute atomic E-state index is 12.6. The second-order valence-electron chi connectivity index (χ2n) is 5.86. The van der Waals surface area contributed by atoms with E-state index in [-0.39, 0.29) is 11.9 Å². The first kappa shape index (κ1) is 17.9. The number of nitrogens with zero attached hydrogens (tertiary/aromatic N) is 2. The fourth-order valence-corrected chi connectivity index (χ4v) is 3.72. The van der Waals surface area contributed by atoms with Gasteiger partial charge >= 0.3 is 6.18 Å². The predicted molar refractivity (Wildman–Crippen MR) is 88.5 cm³/mol. The summed E-state index contributed by atoms with van der Waals surface area (Å²) in [6.45, 7) is 1.15. The highest BCUT2D eigenvalue weighted by Crippen LogP contribution is 2.32. The van der Waals surface area contributed by atoms with Gasteiger partial charge in [-0.2, -0.15) is 13.2 Å². The molecule has 3 rings (SSSR count). The van der Waals surface area contributed by atoms with Gasteiger partial charge in [-0.05, 0) is 25.0 Å². The van der Waals surface area contributed by atoms with E-state index in [9.17, 15) is 18.0 Å². The highest BCUT2D eigenvalue weighted by atomic mass is 32.1. The van der Waals surface area contributed by atoms with Crippen LogP contribution in [0.25, 0.3) is 10.6 Å². The standard InChI is InChI=1S/C17H17F3N2O2S/c1-24-9-13-3-2-8-22(13)16(23)14-10-25-15(21-14)11-4-6-12(7-5-11)17(18,19)20/h4-7,10,13H,2-3,8-9H2,1H3/t13-/m1/s1. The largest absolute Gasteiger partial charge is 0.416 e. The maximum atomic E-state index is 12.6. The van der Waals surface area contributed by atoms with Crippen LogP contribution in [0.4, 0.5) is 13.2 Å². The number of halogens is 3. The number of benzene rings is 1. The average Bonchev–Trinajstić information content (AvgIpc) is 3.23. The van der Waals surface area contributed by atoms with Crippen molar-refractivity contribution in [2.75, 3.05) is 20.3 Å². The number of amides is 1. The van der Waals surface area contributed by atoms with Crippen molar-refractivity contribution in [3.63, 3.8) is 0 Å². The quantitative estimate of drug-likeness (QED) is 0.814. The van der Waals surface area contributed by atoms with Crippen LogP contribution < -0.4 is 0 Å². The summed E-state index contributed by atoms with van der Waals surface area (Å²) in [5.41, 5.74) is 0.179. The Labute approximate surface area is 147 Å². The lowest BCUT2D eigenvalue weighted by Crippen LogP contribution is -2.38. The Morgan fingerprint density at radius 1 is 1.36 bits per heavy atom. The zero-order chi connectivity index (χ0) is 18.0. The minimum absolute atomic E-state index is 0.0497. The van der Waals surface area contributed by atoms with Gasteiger partial charge in [0.25, 0.3) is 5.91 Å². The van der Waals surface area contributed by atoms with E-state index in [1.807, 2.05) is 0 Å². The van der Waals surface area contributed by atoms with Gasteiger partial charge in [0.1, 0.15) is 10.7 Å². The molecule has 1 aliphatic rings. The van der Waals surface area contributed by atoms with Crippen molar-refractivity contribution in [3.8, 4) is 10.6 Å². The molecule has 1 amide bonds. The molecule has 2 heterocycles. The van der Waals surface area contributed by atoms with Gasteiger partial charge in [-0.15, -0.1) is 11.3 Å². The van der Waals surface area contributed by atoms with Gasteiger partial charge < -0.3 is 9.64 Å². The summed E-state index contributed by atoms with van der Waals surface area (Å²) in [6, 6.07) is 4.84. The average molecular weight is 370 g/mol. The Morgan fingerprint density at radius 3 is 2.72 bits per heavy atom. The normalized spacial score (nSPS) is 17.9. The molecule has 0 unspecified atom stereocenters. The van der Waals surface area contributed by atoms with Crippen LogP contribution in [-0.2, 0) is 10.9 Å². The number of alkyl halides is 3. The number of carbonyl (C=O) groups excluding carboxylic acids is 1. The number of aromatic nitrogens is 1. The molecule has 0 spiro atoms. The number of likely N-dealkylation sites (tertiary alicyclic amines) is 1. The van der Waals surface area contributed by atoms with E-state index >= 15 is 0 Å². The number of hydrogen-bond donors (Lipinski definition) is 0. The molecule has 1 fully saturated rings. The van der Waals surface area contributed by atoms with Crippen LogP contribution in [0.5, 0.6) is 0 Å². The molecule has 0 radical (unpaired) electrons. The number of methoxy groups -OCH3 is 1. The molecule has 4 nitrogen and oxygen atoms in total. The molecule has 1 aromatic carbocycles. The van der Waals surface area contributed by atoms with Gasteiger partial charge in [0.15, 0.2) is 0 Å². The molecular formula is C17H17F3N2O2S. The van der Waals surface area contributed by atoms with Crippen LogP contribution >= 0.6 is 11.3 Å². The van der Waals surface area contributed by atoms with Gasteiger partial charge in [-0.3, -0.25) is 4.79 Å². The van der Waals surface area contributed by atoms with Crippen LogP contribution in [0.3, 0.4) is 0 Å². The number of ether oxygens (including phenoxy) is 1. The second kappa shape index (κ2) is 7.13. The SMILES string of the molecule is COC[C@H]1CCCN1C(=O)c1csc(-c2ccc(C(F)(F)F)cc2)n1.